The third kappa shape index (κ3) is 5.96. The molecule has 3 heterocycles. The van der Waals surface area contributed by atoms with Gasteiger partial charge in [-0.15, -0.1) is 0 Å². The molecule has 1 amide bonds. The maximum absolute atomic E-state index is 13.4. The Morgan fingerprint density at radius 1 is 0.973 bits per heavy atom. The van der Waals surface area contributed by atoms with Crippen LogP contribution in [0.4, 0.5) is 5.82 Å². The molecule has 0 radical (unpaired) electrons. The maximum atomic E-state index is 13.4. The number of anilines is 1. The molecule has 0 aliphatic carbocycles. The van der Waals surface area contributed by atoms with Crippen molar-refractivity contribution < 1.29 is 21.6 Å². The molecule has 2 aromatic rings. The highest BCUT2D eigenvalue weighted by molar-refractivity contribution is 7.92. The number of rotatable bonds is 7. The van der Waals surface area contributed by atoms with E-state index < -0.39 is 20.0 Å². The van der Waals surface area contributed by atoms with Gasteiger partial charge in [-0.1, -0.05) is 12.1 Å². The summed E-state index contributed by atoms with van der Waals surface area (Å²) in [5.41, 5.74) is 6.86. The minimum absolute atomic E-state index is 0.0560. The molecule has 0 unspecified atom stereocenters. The molecule has 13 heteroatoms. The van der Waals surface area contributed by atoms with Crippen molar-refractivity contribution in [2.24, 2.45) is 5.92 Å². The van der Waals surface area contributed by atoms with Gasteiger partial charge in [0.2, 0.25) is 26.0 Å². The number of sulfonamides is 2. The van der Waals surface area contributed by atoms with Gasteiger partial charge in [0.05, 0.1) is 0 Å². The molecule has 0 bridgehead atoms. The number of likely N-dealkylation sites (tertiary alicyclic amines) is 1. The number of pyridine rings is 1. The lowest BCUT2D eigenvalue weighted by molar-refractivity contribution is -0.138. The summed E-state index contributed by atoms with van der Waals surface area (Å²) >= 11 is 0. The summed E-state index contributed by atoms with van der Waals surface area (Å²) in [5.74, 6) is 0.458. The Morgan fingerprint density at radius 3 is 2.19 bits per heavy atom. The molecule has 0 saturated carbocycles. The SMILES string of the molecule is CN(C)S(=O)(=O)c1ccccc1S(=O)(=O)N1CCN(C(=O)C2CCN(Cc3ccnc(N)c3)CC2)CC1. The third-order valence-corrected chi connectivity index (χ3v) is 10.9. The number of amides is 1. The molecule has 4 rings (SSSR count). The third-order valence-electron chi connectivity index (χ3n) is 6.96. The first kappa shape index (κ1) is 27.5. The van der Waals surface area contributed by atoms with Crippen LogP contribution in [0.5, 0.6) is 0 Å². The molecule has 2 fully saturated rings. The number of nitrogens with zero attached hydrogens (tertiary/aromatic N) is 5. The molecule has 2 aliphatic rings. The standard InChI is InChI=1S/C24H34N6O5S2/c1-27(2)36(32,33)21-5-3-4-6-22(21)37(34,35)30-15-13-29(14-16-30)24(31)20-8-11-28(12-9-20)18-19-7-10-26-23(25)17-19/h3-7,10,17,20H,8-9,11-16,18H2,1-2H3,(H2,25,26). The summed E-state index contributed by atoms with van der Waals surface area (Å²) in [6, 6.07) is 9.44. The number of aromatic nitrogens is 1. The Balaban J connectivity index is 1.35. The Labute approximate surface area is 219 Å². The number of carbonyl (C=O) groups excluding carboxylic acids is 1. The summed E-state index contributed by atoms with van der Waals surface area (Å²) in [6.07, 6.45) is 3.18. The van der Waals surface area contributed by atoms with Crippen molar-refractivity contribution >= 4 is 31.8 Å². The number of nitrogens with two attached hydrogens (primary N) is 1. The number of piperidine rings is 1. The van der Waals surface area contributed by atoms with Crippen molar-refractivity contribution in [3.05, 3.63) is 48.2 Å². The van der Waals surface area contributed by atoms with E-state index in [4.69, 9.17) is 5.73 Å². The molecule has 0 spiro atoms. The minimum atomic E-state index is -4.05. The van der Waals surface area contributed by atoms with E-state index in [2.05, 4.69) is 9.88 Å². The summed E-state index contributed by atoms with van der Waals surface area (Å²) in [6.45, 7) is 3.14. The number of benzene rings is 1. The van der Waals surface area contributed by atoms with Gasteiger partial charge in [-0.05, 0) is 55.8 Å². The zero-order chi connectivity index (χ0) is 26.8. The van der Waals surface area contributed by atoms with Crippen LogP contribution in [0, 0.1) is 5.92 Å². The Hall–Kier alpha value is -2.58. The van der Waals surface area contributed by atoms with Crippen LogP contribution < -0.4 is 5.73 Å². The summed E-state index contributed by atoms with van der Waals surface area (Å²) in [5, 5.41) is 0. The largest absolute Gasteiger partial charge is 0.384 e. The van der Waals surface area contributed by atoms with Crippen LogP contribution in [0.2, 0.25) is 0 Å². The summed E-state index contributed by atoms with van der Waals surface area (Å²) < 4.78 is 54.5. The number of piperazine rings is 1. The monoisotopic (exact) mass is 550 g/mol. The van der Waals surface area contributed by atoms with Crippen LogP contribution in [-0.4, -0.2) is 99.5 Å². The fourth-order valence-electron chi connectivity index (χ4n) is 4.81. The average Bonchev–Trinajstić information content (AvgIpc) is 2.89. The van der Waals surface area contributed by atoms with Crippen molar-refractivity contribution in [3.8, 4) is 0 Å². The van der Waals surface area contributed by atoms with Gasteiger partial charge >= 0.3 is 0 Å². The summed E-state index contributed by atoms with van der Waals surface area (Å²) in [4.78, 5) is 20.7. The second kappa shape index (κ2) is 11.0. The van der Waals surface area contributed by atoms with Gasteiger partial charge < -0.3 is 10.6 Å². The van der Waals surface area contributed by atoms with Crippen LogP contribution >= 0.6 is 0 Å². The van der Waals surface area contributed by atoms with Crippen LogP contribution in [0.15, 0.2) is 52.4 Å². The molecule has 37 heavy (non-hydrogen) atoms. The van der Waals surface area contributed by atoms with E-state index in [1.165, 1.54) is 42.7 Å². The number of nitrogen functional groups attached to an aromatic ring is 1. The highest BCUT2D eigenvalue weighted by Gasteiger charge is 2.36. The highest BCUT2D eigenvalue weighted by Crippen LogP contribution is 2.27. The Kier molecular flexibility index (Phi) is 8.19. The molecule has 2 N–H and O–H groups in total. The van der Waals surface area contributed by atoms with E-state index in [1.807, 2.05) is 12.1 Å². The molecule has 2 saturated heterocycles. The Morgan fingerprint density at radius 2 is 1.59 bits per heavy atom. The minimum Gasteiger partial charge on any atom is -0.384 e. The van der Waals surface area contributed by atoms with E-state index in [-0.39, 0.29) is 47.8 Å². The predicted octanol–water partition coefficient (Wildman–Crippen LogP) is 0.659. The highest BCUT2D eigenvalue weighted by atomic mass is 32.2. The molecule has 0 atom stereocenters. The lowest BCUT2D eigenvalue weighted by atomic mass is 9.94. The van der Waals surface area contributed by atoms with E-state index >= 15 is 0 Å². The molecule has 11 nitrogen and oxygen atoms in total. The second-order valence-corrected chi connectivity index (χ2v) is 13.6. The first-order valence-corrected chi connectivity index (χ1v) is 15.1. The smallest absolute Gasteiger partial charge is 0.244 e. The second-order valence-electron chi connectivity index (χ2n) is 9.60. The topological polar surface area (TPSA) is 137 Å². The van der Waals surface area contributed by atoms with Gasteiger partial charge in [0.1, 0.15) is 15.6 Å². The molecular weight excluding hydrogens is 516 g/mol. The van der Waals surface area contributed by atoms with Crippen LogP contribution in [0.25, 0.3) is 0 Å². The fraction of sp³-hybridized carbons (Fsp3) is 0.500. The fourth-order valence-corrected chi connectivity index (χ4v) is 7.90. The van der Waals surface area contributed by atoms with Crippen molar-refractivity contribution in [1.82, 2.24) is 23.4 Å². The van der Waals surface area contributed by atoms with Crippen molar-refractivity contribution in [2.45, 2.75) is 29.2 Å². The van der Waals surface area contributed by atoms with Gasteiger partial charge in [-0.2, -0.15) is 4.31 Å². The van der Waals surface area contributed by atoms with Gasteiger partial charge in [0.15, 0.2) is 0 Å². The number of hydrogen-bond donors (Lipinski definition) is 1. The van der Waals surface area contributed by atoms with Crippen molar-refractivity contribution in [2.75, 3.05) is 59.1 Å². The van der Waals surface area contributed by atoms with Crippen LogP contribution in [0.1, 0.15) is 18.4 Å². The average molecular weight is 551 g/mol. The quantitative estimate of drug-likeness (QED) is 0.531. The van der Waals surface area contributed by atoms with Crippen LogP contribution in [-0.2, 0) is 31.4 Å². The molecule has 1 aromatic heterocycles. The normalized spacial score (nSPS) is 18.8. The Bertz CT molecular complexity index is 1330. The van der Waals surface area contributed by atoms with Crippen molar-refractivity contribution in [1.29, 1.82) is 0 Å². The molecule has 2 aliphatic heterocycles. The number of carbonyl (C=O) groups is 1. The van der Waals surface area contributed by atoms with E-state index in [0.717, 1.165) is 42.3 Å². The molecule has 1 aromatic carbocycles. The van der Waals surface area contributed by atoms with E-state index in [1.54, 1.807) is 11.1 Å². The van der Waals surface area contributed by atoms with Crippen LogP contribution in [0.3, 0.4) is 0 Å². The lowest BCUT2D eigenvalue weighted by Gasteiger charge is -2.38. The summed E-state index contributed by atoms with van der Waals surface area (Å²) in [7, 11) is -5.27. The first-order valence-electron chi connectivity index (χ1n) is 12.2. The van der Waals surface area contributed by atoms with Gasteiger partial charge in [0, 0.05) is 58.9 Å². The molecule has 202 valence electrons. The van der Waals surface area contributed by atoms with Gasteiger partial charge in [0.25, 0.3) is 0 Å². The maximum Gasteiger partial charge on any atom is 0.244 e. The lowest BCUT2D eigenvalue weighted by Crippen LogP contribution is -2.53. The first-order chi connectivity index (χ1) is 17.5. The van der Waals surface area contributed by atoms with E-state index in [0.29, 0.717) is 5.82 Å². The van der Waals surface area contributed by atoms with E-state index in [9.17, 15) is 21.6 Å². The molecular formula is C24H34N6O5S2. The van der Waals surface area contributed by atoms with Crippen molar-refractivity contribution in [3.63, 3.8) is 0 Å². The number of hydrogen-bond acceptors (Lipinski definition) is 8. The zero-order valence-electron chi connectivity index (χ0n) is 21.2. The van der Waals surface area contributed by atoms with Gasteiger partial charge in [-0.25, -0.2) is 26.1 Å². The predicted molar refractivity (Wildman–Crippen MR) is 139 cm³/mol. The zero-order valence-corrected chi connectivity index (χ0v) is 22.8. The van der Waals surface area contributed by atoms with Gasteiger partial charge in [-0.3, -0.25) is 9.69 Å².